The fourth-order valence-electron chi connectivity index (χ4n) is 2.61. The number of hydrogen-bond donors (Lipinski definition) is 1. The van der Waals surface area contributed by atoms with E-state index in [1.807, 2.05) is 6.26 Å². The molecule has 19 heavy (non-hydrogen) atoms. The Kier molecular flexibility index (Phi) is 4.07. The van der Waals surface area contributed by atoms with Crippen molar-refractivity contribution in [3.8, 4) is 0 Å². The highest BCUT2D eigenvalue weighted by Crippen LogP contribution is 2.30. The summed E-state index contributed by atoms with van der Waals surface area (Å²) < 4.78 is 5.70. The van der Waals surface area contributed by atoms with Crippen LogP contribution in [0.4, 0.5) is 0 Å². The van der Waals surface area contributed by atoms with E-state index in [-0.39, 0.29) is 5.54 Å². The number of nitrogens with one attached hydrogen (secondary N) is 1. The SMILES string of the molecule is CC(C)(C)NCc1coc(CN2CCCC2(C)C)c1. The first kappa shape index (κ1) is 14.6. The molecule has 0 spiro atoms. The summed E-state index contributed by atoms with van der Waals surface area (Å²) in [7, 11) is 0. The highest BCUT2D eigenvalue weighted by Gasteiger charge is 2.32. The molecule has 3 heteroatoms. The van der Waals surface area contributed by atoms with E-state index in [0.717, 1.165) is 18.8 Å². The van der Waals surface area contributed by atoms with Crippen molar-refractivity contribution in [3.05, 3.63) is 23.7 Å². The third kappa shape index (κ3) is 4.08. The van der Waals surface area contributed by atoms with Crippen molar-refractivity contribution in [2.75, 3.05) is 6.54 Å². The average Bonchev–Trinajstić information content (AvgIpc) is 2.83. The highest BCUT2D eigenvalue weighted by atomic mass is 16.3. The first-order valence-electron chi connectivity index (χ1n) is 7.33. The van der Waals surface area contributed by atoms with Gasteiger partial charge in [0.2, 0.25) is 0 Å². The van der Waals surface area contributed by atoms with Crippen LogP contribution < -0.4 is 5.32 Å². The van der Waals surface area contributed by atoms with Crippen molar-refractivity contribution in [3.63, 3.8) is 0 Å². The van der Waals surface area contributed by atoms with Crippen molar-refractivity contribution in [1.29, 1.82) is 0 Å². The van der Waals surface area contributed by atoms with Crippen molar-refractivity contribution in [2.24, 2.45) is 0 Å². The molecule has 0 bridgehead atoms. The lowest BCUT2D eigenvalue weighted by Crippen LogP contribution is -2.37. The average molecular weight is 264 g/mol. The minimum Gasteiger partial charge on any atom is -0.468 e. The molecule has 0 radical (unpaired) electrons. The van der Waals surface area contributed by atoms with Gasteiger partial charge in [-0.2, -0.15) is 0 Å². The van der Waals surface area contributed by atoms with Crippen LogP contribution in [0.3, 0.4) is 0 Å². The van der Waals surface area contributed by atoms with Gasteiger partial charge in [0.25, 0.3) is 0 Å². The maximum Gasteiger partial charge on any atom is 0.118 e. The van der Waals surface area contributed by atoms with Gasteiger partial charge in [0.1, 0.15) is 5.76 Å². The van der Waals surface area contributed by atoms with Crippen LogP contribution in [0.25, 0.3) is 0 Å². The first-order chi connectivity index (χ1) is 8.76. The van der Waals surface area contributed by atoms with Gasteiger partial charge in [-0.1, -0.05) is 0 Å². The number of rotatable bonds is 4. The Balaban J connectivity index is 1.91. The van der Waals surface area contributed by atoms with Crippen LogP contribution in [0.2, 0.25) is 0 Å². The van der Waals surface area contributed by atoms with Crippen LogP contribution in [0, 0.1) is 0 Å². The molecule has 1 N–H and O–H groups in total. The summed E-state index contributed by atoms with van der Waals surface area (Å²) >= 11 is 0. The lowest BCUT2D eigenvalue weighted by atomic mass is 10.0. The third-order valence-electron chi connectivity index (χ3n) is 3.95. The van der Waals surface area contributed by atoms with E-state index in [0.29, 0.717) is 5.54 Å². The molecule has 2 rings (SSSR count). The third-order valence-corrected chi connectivity index (χ3v) is 3.95. The minimum atomic E-state index is 0.147. The highest BCUT2D eigenvalue weighted by molar-refractivity contribution is 5.13. The zero-order valence-corrected chi connectivity index (χ0v) is 13.0. The zero-order chi connectivity index (χ0) is 14.1. The minimum absolute atomic E-state index is 0.147. The van der Waals surface area contributed by atoms with Gasteiger partial charge in [0.15, 0.2) is 0 Å². The van der Waals surface area contributed by atoms with Gasteiger partial charge >= 0.3 is 0 Å². The molecule has 0 aliphatic carbocycles. The second kappa shape index (κ2) is 5.29. The summed E-state index contributed by atoms with van der Waals surface area (Å²) in [5.41, 5.74) is 1.70. The van der Waals surface area contributed by atoms with Gasteiger partial charge in [-0.3, -0.25) is 4.90 Å². The van der Waals surface area contributed by atoms with E-state index in [9.17, 15) is 0 Å². The molecule has 1 aromatic heterocycles. The van der Waals surface area contributed by atoms with Gasteiger partial charge in [0.05, 0.1) is 12.8 Å². The van der Waals surface area contributed by atoms with Gasteiger partial charge in [-0.25, -0.2) is 0 Å². The van der Waals surface area contributed by atoms with Gasteiger partial charge in [0, 0.05) is 23.2 Å². The largest absolute Gasteiger partial charge is 0.468 e. The summed E-state index contributed by atoms with van der Waals surface area (Å²) in [6, 6.07) is 2.19. The van der Waals surface area contributed by atoms with Crippen molar-refractivity contribution >= 4 is 0 Å². The predicted molar refractivity (Wildman–Crippen MR) is 79.0 cm³/mol. The molecule has 0 amide bonds. The Bertz CT molecular complexity index is 415. The number of furan rings is 1. The second-order valence-corrected chi connectivity index (χ2v) is 7.36. The van der Waals surface area contributed by atoms with Crippen LogP contribution in [0.15, 0.2) is 16.7 Å². The molecule has 3 nitrogen and oxygen atoms in total. The lowest BCUT2D eigenvalue weighted by molar-refractivity contribution is 0.154. The number of hydrogen-bond acceptors (Lipinski definition) is 3. The van der Waals surface area contributed by atoms with E-state index in [4.69, 9.17) is 4.42 Å². The molecule has 2 heterocycles. The Morgan fingerprint density at radius 2 is 2.11 bits per heavy atom. The van der Waals surface area contributed by atoms with E-state index in [1.54, 1.807) is 0 Å². The summed E-state index contributed by atoms with van der Waals surface area (Å²) in [5, 5.41) is 3.49. The zero-order valence-electron chi connectivity index (χ0n) is 13.0. The van der Waals surface area contributed by atoms with Crippen molar-refractivity contribution in [1.82, 2.24) is 10.2 Å². The molecular formula is C16H28N2O. The molecule has 1 saturated heterocycles. The van der Waals surface area contributed by atoms with E-state index < -0.39 is 0 Å². The normalized spacial score (nSPS) is 20.1. The van der Waals surface area contributed by atoms with Gasteiger partial charge in [-0.05, 0) is 60.1 Å². The summed E-state index contributed by atoms with van der Waals surface area (Å²) in [5.74, 6) is 1.08. The Hall–Kier alpha value is -0.800. The van der Waals surface area contributed by atoms with Crippen LogP contribution in [-0.2, 0) is 13.1 Å². The summed E-state index contributed by atoms with van der Waals surface area (Å²) in [4.78, 5) is 2.52. The molecule has 1 aromatic rings. The topological polar surface area (TPSA) is 28.4 Å². The molecule has 1 fully saturated rings. The smallest absolute Gasteiger partial charge is 0.118 e. The molecule has 108 valence electrons. The number of nitrogens with zero attached hydrogens (tertiary/aromatic N) is 1. The van der Waals surface area contributed by atoms with Crippen LogP contribution in [-0.4, -0.2) is 22.5 Å². The second-order valence-electron chi connectivity index (χ2n) is 7.36. The molecule has 0 aromatic carbocycles. The lowest BCUT2D eigenvalue weighted by Gasteiger charge is -2.30. The van der Waals surface area contributed by atoms with Crippen LogP contribution in [0.1, 0.15) is 58.8 Å². The van der Waals surface area contributed by atoms with E-state index in [2.05, 4.69) is 50.9 Å². The maximum absolute atomic E-state index is 5.70. The monoisotopic (exact) mass is 264 g/mol. The predicted octanol–water partition coefficient (Wildman–Crippen LogP) is 3.54. The Morgan fingerprint density at radius 1 is 1.37 bits per heavy atom. The molecule has 0 unspecified atom stereocenters. The standard InChI is InChI=1S/C16H28N2O/c1-15(2,3)17-10-13-9-14(19-12-13)11-18-8-6-7-16(18,4)5/h9,12,17H,6-8,10-11H2,1-5H3. The first-order valence-corrected chi connectivity index (χ1v) is 7.33. The van der Waals surface area contributed by atoms with Crippen LogP contribution in [0.5, 0.6) is 0 Å². The van der Waals surface area contributed by atoms with Gasteiger partial charge < -0.3 is 9.73 Å². The quantitative estimate of drug-likeness (QED) is 0.901. The maximum atomic E-state index is 5.70. The molecule has 0 saturated carbocycles. The molecular weight excluding hydrogens is 236 g/mol. The van der Waals surface area contributed by atoms with E-state index in [1.165, 1.54) is 24.9 Å². The molecule has 0 atom stereocenters. The van der Waals surface area contributed by atoms with Crippen LogP contribution >= 0.6 is 0 Å². The number of likely N-dealkylation sites (tertiary alicyclic amines) is 1. The summed E-state index contributed by atoms with van der Waals surface area (Å²) in [6.07, 6.45) is 4.47. The Morgan fingerprint density at radius 3 is 2.68 bits per heavy atom. The van der Waals surface area contributed by atoms with Crippen molar-refractivity contribution in [2.45, 2.75) is 71.6 Å². The molecule has 1 aliphatic rings. The van der Waals surface area contributed by atoms with Crippen molar-refractivity contribution < 1.29 is 4.42 Å². The fourth-order valence-corrected chi connectivity index (χ4v) is 2.61. The Labute approximate surface area is 117 Å². The van der Waals surface area contributed by atoms with Gasteiger partial charge in [-0.15, -0.1) is 0 Å². The fraction of sp³-hybridized carbons (Fsp3) is 0.750. The summed E-state index contributed by atoms with van der Waals surface area (Å²) in [6.45, 7) is 14.2. The van der Waals surface area contributed by atoms with E-state index >= 15 is 0 Å². The molecule has 1 aliphatic heterocycles.